The van der Waals surface area contributed by atoms with Gasteiger partial charge in [-0.2, -0.15) is 0 Å². The van der Waals surface area contributed by atoms with Gasteiger partial charge in [-0.15, -0.1) is 0 Å². The van der Waals surface area contributed by atoms with E-state index < -0.39 is 18.5 Å². The molecule has 156 valence electrons. The molecular formula is C24H19NO6. The summed E-state index contributed by atoms with van der Waals surface area (Å²) in [5.41, 5.74) is 2.29. The van der Waals surface area contributed by atoms with Gasteiger partial charge in [0.05, 0.1) is 5.56 Å². The van der Waals surface area contributed by atoms with Crippen molar-refractivity contribution in [2.45, 2.75) is 6.92 Å². The molecule has 0 saturated carbocycles. The Bertz CT molecular complexity index is 1150. The number of hydrogen-bond donors (Lipinski definition) is 1. The number of esters is 1. The summed E-state index contributed by atoms with van der Waals surface area (Å²) in [5.74, 6) is -0.443. The third-order valence-electron chi connectivity index (χ3n) is 4.70. The minimum absolute atomic E-state index is 0.101. The van der Waals surface area contributed by atoms with Crippen LogP contribution in [0, 0.1) is 6.92 Å². The lowest BCUT2D eigenvalue weighted by Crippen LogP contribution is -2.22. The van der Waals surface area contributed by atoms with E-state index in [1.165, 1.54) is 6.07 Å². The Balaban J connectivity index is 1.41. The number of hydrogen-bond acceptors (Lipinski definition) is 6. The van der Waals surface area contributed by atoms with Crippen LogP contribution in [0.5, 0.6) is 11.5 Å². The zero-order chi connectivity index (χ0) is 21.8. The summed E-state index contributed by atoms with van der Waals surface area (Å²) in [5, 5.41) is 2.63. The maximum Gasteiger partial charge on any atom is 0.339 e. The summed E-state index contributed by atoms with van der Waals surface area (Å²) in [6, 6.07) is 18.4. The van der Waals surface area contributed by atoms with Gasteiger partial charge < -0.3 is 19.5 Å². The van der Waals surface area contributed by atoms with Crippen LogP contribution in [-0.4, -0.2) is 31.1 Å². The van der Waals surface area contributed by atoms with Crippen molar-refractivity contribution < 1.29 is 28.6 Å². The van der Waals surface area contributed by atoms with Gasteiger partial charge >= 0.3 is 5.97 Å². The smallest absolute Gasteiger partial charge is 0.339 e. The lowest BCUT2D eigenvalue weighted by molar-refractivity contribution is -0.119. The highest BCUT2D eigenvalue weighted by Gasteiger charge is 2.20. The fourth-order valence-electron chi connectivity index (χ4n) is 3.10. The first-order valence-corrected chi connectivity index (χ1v) is 9.58. The van der Waals surface area contributed by atoms with Crippen molar-refractivity contribution in [1.29, 1.82) is 0 Å². The Morgan fingerprint density at radius 2 is 1.61 bits per heavy atom. The second-order valence-corrected chi connectivity index (χ2v) is 6.93. The Labute approximate surface area is 178 Å². The predicted octanol–water partition coefficient (Wildman–Crippen LogP) is 3.75. The number of anilines is 1. The van der Waals surface area contributed by atoms with Crippen molar-refractivity contribution in [3.05, 3.63) is 89.0 Å². The number of nitrogens with one attached hydrogen (secondary N) is 1. The van der Waals surface area contributed by atoms with Crippen molar-refractivity contribution in [2.75, 3.05) is 18.7 Å². The highest BCUT2D eigenvalue weighted by Crippen LogP contribution is 2.34. The Morgan fingerprint density at radius 1 is 0.903 bits per heavy atom. The van der Waals surface area contributed by atoms with Crippen molar-refractivity contribution in [1.82, 2.24) is 0 Å². The Hall–Kier alpha value is -4.13. The van der Waals surface area contributed by atoms with Crippen LogP contribution in [0.1, 0.15) is 31.8 Å². The van der Waals surface area contributed by atoms with Crippen LogP contribution >= 0.6 is 0 Å². The number of amides is 1. The zero-order valence-electron chi connectivity index (χ0n) is 16.7. The largest absolute Gasteiger partial charge is 0.454 e. The molecule has 7 nitrogen and oxygen atoms in total. The summed E-state index contributed by atoms with van der Waals surface area (Å²) in [6.07, 6.45) is 0. The van der Waals surface area contributed by atoms with Gasteiger partial charge in [0, 0.05) is 22.9 Å². The minimum Gasteiger partial charge on any atom is -0.454 e. The van der Waals surface area contributed by atoms with Crippen LogP contribution in [0.4, 0.5) is 5.69 Å². The van der Waals surface area contributed by atoms with Gasteiger partial charge in [0.2, 0.25) is 6.79 Å². The first kappa shape index (κ1) is 20.2. The number of carbonyl (C=O) groups is 3. The van der Waals surface area contributed by atoms with Crippen LogP contribution in [-0.2, 0) is 9.53 Å². The number of fused-ring (bicyclic) bond motifs is 1. The third-order valence-corrected chi connectivity index (χ3v) is 4.70. The molecule has 0 unspecified atom stereocenters. The van der Waals surface area contributed by atoms with Crippen LogP contribution in [0.2, 0.25) is 0 Å². The molecule has 0 aliphatic carbocycles. The van der Waals surface area contributed by atoms with Crippen LogP contribution in [0.3, 0.4) is 0 Å². The van der Waals surface area contributed by atoms with Crippen LogP contribution in [0.15, 0.2) is 66.7 Å². The average molecular weight is 417 g/mol. The van der Waals surface area contributed by atoms with Gasteiger partial charge in [0.15, 0.2) is 23.9 Å². The second kappa shape index (κ2) is 8.71. The molecule has 3 aromatic carbocycles. The number of aryl methyl sites for hydroxylation is 1. The molecular weight excluding hydrogens is 398 g/mol. The van der Waals surface area contributed by atoms with Crippen LogP contribution < -0.4 is 14.8 Å². The highest BCUT2D eigenvalue weighted by molar-refractivity contribution is 6.14. The predicted molar refractivity (Wildman–Crippen MR) is 113 cm³/mol. The van der Waals surface area contributed by atoms with Crippen molar-refractivity contribution in [3.8, 4) is 11.5 Å². The molecule has 0 fully saturated rings. The quantitative estimate of drug-likeness (QED) is 0.485. The standard InChI is InChI=1S/C24H19NO6/c1-15-6-8-16(9-7-15)23(27)18-4-2-3-5-19(18)24(28)29-13-22(26)25-17-10-11-20-21(12-17)31-14-30-20/h2-12H,13-14H2,1H3,(H,25,26). The molecule has 1 N–H and O–H groups in total. The van der Waals surface area contributed by atoms with Crippen molar-refractivity contribution in [2.24, 2.45) is 0 Å². The molecule has 0 atom stereocenters. The summed E-state index contributed by atoms with van der Waals surface area (Å²) in [4.78, 5) is 37.6. The molecule has 7 heteroatoms. The van der Waals surface area contributed by atoms with E-state index in [-0.39, 0.29) is 23.7 Å². The topological polar surface area (TPSA) is 90.9 Å². The van der Waals surface area contributed by atoms with Gasteiger partial charge in [-0.1, -0.05) is 48.0 Å². The van der Waals surface area contributed by atoms with Crippen LogP contribution in [0.25, 0.3) is 0 Å². The molecule has 1 amide bonds. The molecule has 0 spiro atoms. The Kier molecular flexibility index (Phi) is 5.66. The average Bonchev–Trinajstić information content (AvgIpc) is 3.25. The molecule has 4 rings (SSSR count). The van der Waals surface area contributed by atoms with E-state index in [0.29, 0.717) is 22.7 Å². The fraction of sp³-hybridized carbons (Fsp3) is 0.125. The molecule has 1 aliphatic heterocycles. The molecule has 1 heterocycles. The van der Waals surface area contributed by atoms with E-state index in [1.807, 2.05) is 19.1 Å². The third kappa shape index (κ3) is 4.56. The Morgan fingerprint density at radius 3 is 2.39 bits per heavy atom. The van der Waals surface area contributed by atoms with E-state index >= 15 is 0 Å². The van der Waals surface area contributed by atoms with Gasteiger partial charge in [0.1, 0.15) is 0 Å². The monoisotopic (exact) mass is 417 g/mol. The second-order valence-electron chi connectivity index (χ2n) is 6.93. The minimum atomic E-state index is -0.753. The summed E-state index contributed by atoms with van der Waals surface area (Å²) < 4.78 is 15.6. The number of benzene rings is 3. The lowest BCUT2D eigenvalue weighted by Gasteiger charge is -2.10. The highest BCUT2D eigenvalue weighted by atomic mass is 16.7. The first-order valence-electron chi connectivity index (χ1n) is 9.58. The lowest BCUT2D eigenvalue weighted by atomic mass is 9.98. The number of ether oxygens (including phenoxy) is 3. The van der Waals surface area contributed by atoms with E-state index in [1.54, 1.807) is 48.5 Å². The molecule has 0 aromatic heterocycles. The molecule has 1 aliphatic rings. The maximum atomic E-state index is 12.8. The van der Waals surface area contributed by atoms with E-state index in [4.69, 9.17) is 14.2 Å². The molecule has 0 saturated heterocycles. The maximum absolute atomic E-state index is 12.8. The van der Waals surface area contributed by atoms with Crippen molar-refractivity contribution in [3.63, 3.8) is 0 Å². The van der Waals surface area contributed by atoms with Gasteiger partial charge in [-0.25, -0.2) is 4.79 Å². The summed E-state index contributed by atoms with van der Waals surface area (Å²) >= 11 is 0. The van der Waals surface area contributed by atoms with Gasteiger partial charge in [0.25, 0.3) is 5.91 Å². The molecule has 0 radical (unpaired) electrons. The molecule has 3 aromatic rings. The molecule has 31 heavy (non-hydrogen) atoms. The number of carbonyl (C=O) groups excluding carboxylic acids is 3. The van der Waals surface area contributed by atoms with Crippen molar-refractivity contribution >= 4 is 23.3 Å². The normalized spacial score (nSPS) is 11.6. The summed E-state index contributed by atoms with van der Waals surface area (Å²) in [7, 11) is 0. The van der Waals surface area contributed by atoms with Gasteiger partial charge in [-0.3, -0.25) is 9.59 Å². The zero-order valence-corrected chi connectivity index (χ0v) is 16.7. The number of rotatable bonds is 6. The SMILES string of the molecule is Cc1ccc(C(=O)c2ccccc2C(=O)OCC(=O)Nc2ccc3c(c2)OCO3)cc1. The fourth-order valence-corrected chi connectivity index (χ4v) is 3.10. The van der Waals surface area contributed by atoms with E-state index in [2.05, 4.69) is 5.32 Å². The van der Waals surface area contributed by atoms with Gasteiger partial charge in [-0.05, 0) is 25.1 Å². The summed E-state index contributed by atoms with van der Waals surface area (Å²) in [6.45, 7) is 1.56. The first-order chi connectivity index (χ1) is 15.0. The van der Waals surface area contributed by atoms with E-state index in [9.17, 15) is 14.4 Å². The van der Waals surface area contributed by atoms with E-state index in [0.717, 1.165) is 5.56 Å². The number of ketones is 1. The molecule has 0 bridgehead atoms.